The van der Waals surface area contributed by atoms with Crippen molar-refractivity contribution in [2.45, 2.75) is 39.3 Å². The van der Waals surface area contributed by atoms with E-state index in [-0.39, 0.29) is 24.0 Å². The summed E-state index contributed by atoms with van der Waals surface area (Å²) in [5, 5.41) is 21.2. The largest absolute Gasteiger partial charge is 0.477 e. The lowest BCUT2D eigenvalue weighted by molar-refractivity contribution is 0.0616. The number of nitrogens with one attached hydrogen (secondary N) is 2. The lowest BCUT2D eigenvalue weighted by Crippen LogP contribution is -2.44. The summed E-state index contributed by atoms with van der Waals surface area (Å²) in [5.74, 6) is 1.23. The van der Waals surface area contributed by atoms with E-state index in [0.29, 0.717) is 38.1 Å². The van der Waals surface area contributed by atoms with E-state index in [1.54, 1.807) is 30.2 Å². The minimum Gasteiger partial charge on any atom is -0.477 e. The molecule has 2 aromatic rings. The third-order valence-corrected chi connectivity index (χ3v) is 3.97. The van der Waals surface area contributed by atoms with Gasteiger partial charge >= 0.3 is 0 Å². The number of guanidine groups is 1. The molecule has 0 radical (unpaired) electrons. The van der Waals surface area contributed by atoms with Crippen molar-refractivity contribution in [2.24, 2.45) is 12.0 Å². The van der Waals surface area contributed by atoms with Gasteiger partial charge < -0.3 is 20.5 Å². The Hall–Kier alpha value is -1.88. The van der Waals surface area contributed by atoms with Crippen molar-refractivity contribution in [3.63, 3.8) is 0 Å². The van der Waals surface area contributed by atoms with Gasteiger partial charge in [-0.3, -0.25) is 4.68 Å². The molecular formula is C19H31IN6O2. The average molecular weight is 502 g/mol. The first kappa shape index (κ1) is 24.2. The van der Waals surface area contributed by atoms with Crippen molar-refractivity contribution < 1.29 is 9.84 Å². The molecule has 0 spiro atoms. The van der Waals surface area contributed by atoms with Gasteiger partial charge in [-0.15, -0.1) is 24.0 Å². The van der Waals surface area contributed by atoms with Crippen molar-refractivity contribution in [2.75, 3.05) is 19.7 Å². The van der Waals surface area contributed by atoms with Crippen molar-refractivity contribution in [1.29, 1.82) is 0 Å². The fourth-order valence-electron chi connectivity index (χ4n) is 2.44. The minimum absolute atomic E-state index is 0. The van der Waals surface area contributed by atoms with Crippen molar-refractivity contribution in [1.82, 2.24) is 25.4 Å². The number of nitrogens with zero attached hydrogens (tertiary/aromatic N) is 4. The highest BCUT2D eigenvalue weighted by Gasteiger charge is 2.25. The standard InChI is InChI=1S/C19H30N6O2.HI/c1-5-10-27-17-15(8-7-9-21-17)11-22-18(20-6-2)23-14-19(3,26)16-12-24-25(4)13-16;/h7-9,12-13,26H,5-6,10-11,14H2,1-4H3,(H2,20,22,23);1H. The summed E-state index contributed by atoms with van der Waals surface area (Å²) >= 11 is 0. The number of rotatable bonds is 9. The second-order valence-corrected chi connectivity index (χ2v) is 6.54. The second-order valence-electron chi connectivity index (χ2n) is 6.54. The summed E-state index contributed by atoms with van der Waals surface area (Å²) in [6.07, 6.45) is 6.11. The number of hydrogen-bond donors (Lipinski definition) is 3. The first-order valence-corrected chi connectivity index (χ1v) is 9.26. The highest BCUT2D eigenvalue weighted by Crippen LogP contribution is 2.18. The average Bonchev–Trinajstić information content (AvgIpc) is 3.10. The quantitative estimate of drug-likeness (QED) is 0.277. The number of hydrogen-bond acceptors (Lipinski definition) is 5. The Bertz CT molecular complexity index is 748. The van der Waals surface area contributed by atoms with E-state index < -0.39 is 5.60 Å². The highest BCUT2D eigenvalue weighted by molar-refractivity contribution is 14.0. The molecular weight excluding hydrogens is 471 g/mol. The Labute approximate surface area is 183 Å². The molecule has 1 unspecified atom stereocenters. The molecule has 0 aliphatic rings. The van der Waals surface area contributed by atoms with Gasteiger partial charge in [-0.1, -0.05) is 13.0 Å². The molecule has 9 heteroatoms. The Kier molecular flexibility index (Phi) is 10.2. The van der Waals surface area contributed by atoms with Crippen LogP contribution in [-0.2, 0) is 19.2 Å². The molecule has 0 fully saturated rings. The predicted octanol–water partition coefficient (Wildman–Crippen LogP) is 2.18. The number of aliphatic hydroxyl groups is 1. The molecule has 0 aromatic carbocycles. The molecule has 156 valence electrons. The smallest absolute Gasteiger partial charge is 0.218 e. The maximum atomic E-state index is 10.7. The van der Waals surface area contributed by atoms with Crippen LogP contribution in [0, 0.1) is 0 Å². The Morgan fingerprint density at radius 1 is 1.36 bits per heavy atom. The molecule has 0 saturated heterocycles. The zero-order valence-corrected chi connectivity index (χ0v) is 19.3. The monoisotopic (exact) mass is 502 g/mol. The van der Waals surface area contributed by atoms with Crippen molar-refractivity contribution >= 4 is 29.9 Å². The highest BCUT2D eigenvalue weighted by atomic mass is 127. The second kappa shape index (κ2) is 11.8. The van der Waals surface area contributed by atoms with E-state index in [9.17, 15) is 5.11 Å². The van der Waals surface area contributed by atoms with Crippen LogP contribution >= 0.6 is 24.0 Å². The summed E-state index contributed by atoms with van der Waals surface area (Å²) in [5.41, 5.74) is 0.603. The topological polar surface area (TPSA) is 96.6 Å². The lowest BCUT2D eigenvalue weighted by atomic mass is 10.00. The SMILES string of the molecule is CCCOc1ncccc1CN=C(NCC)NCC(C)(O)c1cnn(C)c1.I. The molecule has 28 heavy (non-hydrogen) atoms. The zero-order chi connectivity index (χ0) is 19.7. The van der Waals surface area contributed by atoms with Crippen molar-refractivity contribution in [3.05, 3.63) is 41.9 Å². The molecule has 3 N–H and O–H groups in total. The van der Waals surface area contributed by atoms with Gasteiger partial charge in [-0.25, -0.2) is 9.98 Å². The molecule has 0 amide bonds. The summed E-state index contributed by atoms with van der Waals surface area (Å²) < 4.78 is 7.35. The summed E-state index contributed by atoms with van der Waals surface area (Å²) in [6.45, 7) is 7.87. The van der Waals surface area contributed by atoms with Gasteiger partial charge in [-0.2, -0.15) is 5.10 Å². The van der Waals surface area contributed by atoms with Gasteiger partial charge in [-0.05, 0) is 26.3 Å². The molecule has 2 rings (SSSR count). The summed E-state index contributed by atoms with van der Waals surface area (Å²) in [4.78, 5) is 8.88. The van der Waals surface area contributed by atoms with Gasteiger partial charge in [0.15, 0.2) is 5.96 Å². The number of aromatic nitrogens is 3. The first-order chi connectivity index (χ1) is 13.0. The van der Waals surface area contributed by atoms with Crippen LogP contribution in [0.1, 0.15) is 38.3 Å². The van der Waals surface area contributed by atoms with Gasteiger partial charge in [0.1, 0.15) is 5.60 Å². The van der Waals surface area contributed by atoms with Crippen LogP contribution < -0.4 is 15.4 Å². The Balaban J connectivity index is 0.00000392. The van der Waals surface area contributed by atoms with Gasteiger partial charge in [0.05, 0.1) is 25.9 Å². The fraction of sp³-hybridized carbons (Fsp3) is 0.526. The lowest BCUT2D eigenvalue weighted by Gasteiger charge is -2.23. The summed E-state index contributed by atoms with van der Waals surface area (Å²) in [7, 11) is 1.82. The van der Waals surface area contributed by atoms with E-state index >= 15 is 0 Å². The van der Waals surface area contributed by atoms with Gasteiger partial charge in [0.25, 0.3) is 0 Å². The normalized spacial score (nSPS) is 13.4. The van der Waals surface area contributed by atoms with Crippen LogP contribution in [0.15, 0.2) is 35.7 Å². The van der Waals surface area contributed by atoms with E-state index in [1.165, 1.54) is 0 Å². The van der Waals surface area contributed by atoms with Crippen LogP contribution in [0.2, 0.25) is 0 Å². The molecule has 2 aromatic heterocycles. The maximum absolute atomic E-state index is 10.7. The third-order valence-electron chi connectivity index (χ3n) is 3.97. The van der Waals surface area contributed by atoms with E-state index in [1.807, 2.05) is 26.1 Å². The number of pyridine rings is 1. The molecule has 0 saturated carbocycles. The van der Waals surface area contributed by atoms with E-state index in [0.717, 1.165) is 17.5 Å². The van der Waals surface area contributed by atoms with Gasteiger partial charge in [0, 0.05) is 37.1 Å². The molecule has 1 atom stereocenters. The van der Waals surface area contributed by atoms with Crippen molar-refractivity contribution in [3.8, 4) is 5.88 Å². The Morgan fingerprint density at radius 2 is 2.14 bits per heavy atom. The van der Waals surface area contributed by atoms with E-state index in [2.05, 4.69) is 32.6 Å². The predicted molar refractivity (Wildman–Crippen MR) is 121 cm³/mol. The summed E-state index contributed by atoms with van der Waals surface area (Å²) in [6, 6.07) is 3.83. The molecule has 8 nitrogen and oxygen atoms in total. The molecule has 0 bridgehead atoms. The molecule has 0 aliphatic heterocycles. The number of ether oxygens (including phenoxy) is 1. The van der Waals surface area contributed by atoms with Crippen LogP contribution in [0.5, 0.6) is 5.88 Å². The fourth-order valence-corrected chi connectivity index (χ4v) is 2.44. The van der Waals surface area contributed by atoms with Crippen LogP contribution in [0.4, 0.5) is 0 Å². The third kappa shape index (κ3) is 7.27. The molecule has 2 heterocycles. The number of halogens is 1. The minimum atomic E-state index is -1.06. The first-order valence-electron chi connectivity index (χ1n) is 9.26. The number of aliphatic imine (C=N–C) groups is 1. The zero-order valence-electron chi connectivity index (χ0n) is 17.0. The van der Waals surface area contributed by atoms with Crippen LogP contribution in [0.3, 0.4) is 0 Å². The maximum Gasteiger partial charge on any atom is 0.218 e. The van der Waals surface area contributed by atoms with Crippen LogP contribution in [0.25, 0.3) is 0 Å². The number of aryl methyl sites for hydroxylation is 1. The Morgan fingerprint density at radius 3 is 2.79 bits per heavy atom. The van der Waals surface area contributed by atoms with Crippen LogP contribution in [-0.4, -0.2) is 45.5 Å². The van der Waals surface area contributed by atoms with E-state index in [4.69, 9.17) is 4.74 Å². The van der Waals surface area contributed by atoms with Gasteiger partial charge in [0.2, 0.25) is 5.88 Å². The molecule has 0 aliphatic carbocycles.